The van der Waals surface area contributed by atoms with Crippen molar-refractivity contribution in [3.05, 3.63) is 36.0 Å². The fourth-order valence-corrected chi connectivity index (χ4v) is 3.58. The highest BCUT2D eigenvalue weighted by molar-refractivity contribution is 5.88. The fourth-order valence-electron chi connectivity index (χ4n) is 3.58. The molecule has 0 saturated heterocycles. The van der Waals surface area contributed by atoms with Gasteiger partial charge in [0, 0.05) is 31.1 Å². The van der Waals surface area contributed by atoms with Gasteiger partial charge < -0.3 is 14.7 Å². The molecule has 1 amide bonds. The summed E-state index contributed by atoms with van der Waals surface area (Å²) < 4.78 is 5.35. The summed E-state index contributed by atoms with van der Waals surface area (Å²) in [4.78, 5) is 29.8. The predicted molar refractivity (Wildman–Crippen MR) is 93.2 cm³/mol. The van der Waals surface area contributed by atoms with E-state index in [-0.39, 0.29) is 11.8 Å². The lowest BCUT2D eigenvalue weighted by Crippen LogP contribution is -2.31. The Morgan fingerprint density at radius 2 is 2.04 bits per heavy atom. The maximum Gasteiger partial charge on any atom is 0.306 e. The number of carboxylic acids is 1. The largest absolute Gasteiger partial charge is 0.494 e. The lowest BCUT2D eigenvalue weighted by atomic mass is 10.0. The van der Waals surface area contributed by atoms with Crippen molar-refractivity contribution in [3.8, 4) is 5.75 Å². The van der Waals surface area contributed by atoms with Crippen LogP contribution >= 0.6 is 0 Å². The Morgan fingerprint density at radius 1 is 1.28 bits per heavy atom. The number of carbonyl (C=O) groups is 2. The van der Waals surface area contributed by atoms with Crippen LogP contribution in [0.15, 0.2) is 30.5 Å². The number of hydrogen-bond donors (Lipinski definition) is 1. The van der Waals surface area contributed by atoms with Gasteiger partial charge in [-0.05, 0) is 37.0 Å². The number of aliphatic carboxylic acids is 1. The van der Waals surface area contributed by atoms with Gasteiger partial charge in [0.2, 0.25) is 5.91 Å². The Morgan fingerprint density at radius 3 is 2.72 bits per heavy atom. The number of carbonyl (C=O) groups excluding carboxylic acids is 1. The highest BCUT2D eigenvalue weighted by atomic mass is 16.5. The van der Waals surface area contributed by atoms with Gasteiger partial charge >= 0.3 is 5.97 Å². The van der Waals surface area contributed by atoms with E-state index >= 15 is 0 Å². The summed E-state index contributed by atoms with van der Waals surface area (Å²) in [6.45, 7) is 0.458. The number of hydrogen-bond acceptors (Lipinski definition) is 4. The first-order valence-electron chi connectivity index (χ1n) is 8.39. The summed E-state index contributed by atoms with van der Waals surface area (Å²) in [6.07, 6.45) is 3.37. The zero-order valence-electron chi connectivity index (χ0n) is 14.4. The quantitative estimate of drug-likeness (QED) is 0.904. The highest BCUT2D eigenvalue weighted by Crippen LogP contribution is 2.33. The van der Waals surface area contributed by atoms with E-state index in [9.17, 15) is 9.59 Å². The molecule has 1 aliphatic rings. The van der Waals surface area contributed by atoms with Crippen LogP contribution in [0.2, 0.25) is 0 Å². The van der Waals surface area contributed by atoms with E-state index in [1.807, 2.05) is 24.3 Å². The van der Waals surface area contributed by atoms with Crippen LogP contribution in [0, 0.1) is 11.8 Å². The predicted octanol–water partition coefficient (Wildman–Crippen LogP) is 2.70. The van der Waals surface area contributed by atoms with Crippen LogP contribution in [-0.4, -0.2) is 41.0 Å². The van der Waals surface area contributed by atoms with Gasteiger partial charge in [0.05, 0.1) is 13.0 Å². The second-order valence-corrected chi connectivity index (χ2v) is 6.57. The summed E-state index contributed by atoms with van der Waals surface area (Å²) in [6, 6.07) is 7.64. The first kappa shape index (κ1) is 17.2. The van der Waals surface area contributed by atoms with Gasteiger partial charge in [-0.1, -0.05) is 12.1 Å². The molecule has 1 aromatic heterocycles. The van der Waals surface area contributed by atoms with Gasteiger partial charge in [-0.2, -0.15) is 0 Å². The van der Waals surface area contributed by atoms with Crippen LogP contribution in [-0.2, 0) is 16.1 Å². The van der Waals surface area contributed by atoms with Gasteiger partial charge in [0.1, 0.15) is 11.3 Å². The summed E-state index contributed by atoms with van der Waals surface area (Å²) in [5.41, 5.74) is 1.77. The molecule has 0 unspecified atom stereocenters. The van der Waals surface area contributed by atoms with Crippen molar-refractivity contribution in [2.45, 2.75) is 25.8 Å². The minimum Gasteiger partial charge on any atom is -0.494 e. The molecule has 2 atom stereocenters. The number of carboxylic acid groups (broad SMARTS) is 1. The Hall–Kier alpha value is -2.63. The summed E-state index contributed by atoms with van der Waals surface area (Å²) >= 11 is 0. The Bertz CT molecular complexity index is 805. The van der Waals surface area contributed by atoms with Crippen LogP contribution in [0.1, 0.15) is 24.8 Å². The summed E-state index contributed by atoms with van der Waals surface area (Å²) in [5.74, 6) is -0.683. The summed E-state index contributed by atoms with van der Waals surface area (Å²) in [7, 11) is 3.38. The molecular weight excluding hydrogens is 320 g/mol. The lowest BCUT2D eigenvalue weighted by molar-refractivity contribution is -0.141. The molecule has 1 aliphatic carbocycles. The minimum atomic E-state index is -0.801. The molecule has 3 rings (SSSR count). The van der Waals surface area contributed by atoms with E-state index in [0.29, 0.717) is 31.6 Å². The van der Waals surface area contributed by atoms with Gasteiger partial charge in [0.15, 0.2) is 0 Å². The van der Waals surface area contributed by atoms with Crippen LogP contribution in [0.3, 0.4) is 0 Å². The molecule has 6 nitrogen and oxygen atoms in total. The number of aromatic nitrogens is 1. The van der Waals surface area contributed by atoms with E-state index in [2.05, 4.69) is 4.98 Å². The molecule has 1 heterocycles. The van der Waals surface area contributed by atoms with Crippen molar-refractivity contribution in [3.63, 3.8) is 0 Å². The van der Waals surface area contributed by atoms with Crippen LogP contribution < -0.4 is 4.74 Å². The number of methoxy groups -OCH3 is 1. The van der Waals surface area contributed by atoms with Gasteiger partial charge in [0.25, 0.3) is 0 Å². The Kier molecular flexibility index (Phi) is 4.88. The van der Waals surface area contributed by atoms with Crippen molar-refractivity contribution >= 4 is 22.8 Å². The number of benzene rings is 1. The van der Waals surface area contributed by atoms with Crippen molar-refractivity contribution in [1.82, 2.24) is 9.88 Å². The third-order valence-corrected chi connectivity index (χ3v) is 4.96. The van der Waals surface area contributed by atoms with Crippen molar-refractivity contribution in [1.29, 1.82) is 0 Å². The number of nitrogens with zero attached hydrogens (tertiary/aromatic N) is 2. The molecule has 0 radical (unpaired) electrons. The molecule has 1 saturated carbocycles. The van der Waals surface area contributed by atoms with E-state index in [1.165, 1.54) is 0 Å². The number of rotatable bonds is 5. The van der Waals surface area contributed by atoms with E-state index in [0.717, 1.165) is 16.5 Å². The summed E-state index contributed by atoms with van der Waals surface area (Å²) in [5, 5.41) is 10.1. The molecule has 0 aliphatic heterocycles. The van der Waals surface area contributed by atoms with Crippen molar-refractivity contribution < 1.29 is 19.4 Å². The molecular formula is C19H22N2O4. The third-order valence-electron chi connectivity index (χ3n) is 4.96. The molecule has 132 valence electrons. The van der Waals surface area contributed by atoms with Crippen LogP contribution in [0.25, 0.3) is 10.9 Å². The fraction of sp³-hybridized carbons (Fsp3) is 0.421. The van der Waals surface area contributed by atoms with E-state index in [4.69, 9.17) is 9.84 Å². The normalized spacial score (nSPS) is 19.8. The SMILES string of the molecule is COc1ccc(CN(C)C(=O)[C@H]2CC[C@@H](C(=O)O)C2)c2cccnc12. The van der Waals surface area contributed by atoms with Gasteiger partial charge in [-0.25, -0.2) is 0 Å². The lowest BCUT2D eigenvalue weighted by Gasteiger charge is -2.22. The average molecular weight is 342 g/mol. The molecule has 0 bridgehead atoms. The topological polar surface area (TPSA) is 79.7 Å². The number of fused-ring (bicyclic) bond motifs is 1. The first-order chi connectivity index (χ1) is 12.0. The zero-order valence-corrected chi connectivity index (χ0v) is 14.4. The monoisotopic (exact) mass is 342 g/mol. The molecule has 2 aromatic rings. The number of ether oxygens (including phenoxy) is 1. The smallest absolute Gasteiger partial charge is 0.306 e. The molecule has 6 heteroatoms. The second kappa shape index (κ2) is 7.09. The third kappa shape index (κ3) is 3.43. The van der Waals surface area contributed by atoms with Gasteiger partial charge in [-0.15, -0.1) is 0 Å². The van der Waals surface area contributed by atoms with E-state index in [1.54, 1.807) is 25.3 Å². The zero-order chi connectivity index (χ0) is 18.0. The minimum absolute atomic E-state index is 0.0107. The number of amides is 1. The molecule has 0 spiro atoms. The van der Waals surface area contributed by atoms with Crippen LogP contribution in [0.4, 0.5) is 0 Å². The first-order valence-corrected chi connectivity index (χ1v) is 8.39. The Balaban J connectivity index is 1.77. The average Bonchev–Trinajstić information content (AvgIpc) is 3.11. The maximum absolute atomic E-state index is 12.7. The molecule has 25 heavy (non-hydrogen) atoms. The van der Waals surface area contributed by atoms with Crippen LogP contribution in [0.5, 0.6) is 5.75 Å². The molecule has 1 fully saturated rings. The van der Waals surface area contributed by atoms with Crippen molar-refractivity contribution in [2.75, 3.05) is 14.2 Å². The molecule has 1 aromatic carbocycles. The van der Waals surface area contributed by atoms with Gasteiger partial charge in [-0.3, -0.25) is 14.6 Å². The Labute approximate surface area is 146 Å². The highest BCUT2D eigenvalue weighted by Gasteiger charge is 2.35. The standard InChI is InChI=1S/C19H22N2O4/c1-21(18(22)12-5-6-13(10-12)19(23)24)11-14-7-8-16(25-2)17-15(14)4-3-9-20-17/h3-4,7-9,12-13H,5-6,10-11H2,1-2H3,(H,23,24)/t12-,13+/m0/s1. The molecule has 1 N–H and O–H groups in total. The maximum atomic E-state index is 12.7. The number of pyridine rings is 1. The van der Waals surface area contributed by atoms with E-state index < -0.39 is 11.9 Å². The second-order valence-electron chi connectivity index (χ2n) is 6.57. The van der Waals surface area contributed by atoms with Crippen molar-refractivity contribution in [2.24, 2.45) is 11.8 Å².